The van der Waals surface area contributed by atoms with Crippen molar-refractivity contribution in [2.24, 2.45) is 0 Å². The molecule has 1 aromatic carbocycles. The number of hydrogen-bond acceptors (Lipinski definition) is 4. The molecule has 0 aliphatic carbocycles. The van der Waals surface area contributed by atoms with Gasteiger partial charge in [0.2, 0.25) is 0 Å². The summed E-state index contributed by atoms with van der Waals surface area (Å²) in [5.41, 5.74) is 7.62. The summed E-state index contributed by atoms with van der Waals surface area (Å²) in [5.74, 6) is 0.137. The lowest BCUT2D eigenvalue weighted by molar-refractivity contribution is 0.416. The molecule has 2 aromatic rings. The second-order valence-corrected chi connectivity index (χ2v) is 4.57. The Labute approximate surface area is 118 Å². The molecule has 0 unspecified atom stereocenters. The summed E-state index contributed by atoms with van der Waals surface area (Å²) in [6.45, 7) is 0.688. The van der Waals surface area contributed by atoms with Crippen LogP contribution in [-0.2, 0) is 6.42 Å². The molecule has 0 saturated heterocycles. The highest BCUT2D eigenvalue weighted by molar-refractivity contribution is 5.63. The molecule has 0 aliphatic heterocycles. The Morgan fingerprint density at radius 3 is 2.65 bits per heavy atom. The Morgan fingerprint density at radius 1 is 1.30 bits per heavy atom. The molecule has 0 radical (unpaired) electrons. The minimum absolute atomic E-state index is 0.302. The van der Waals surface area contributed by atoms with Crippen LogP contribution in [0.3, 0.4) is 0 Å². The van der Waals surface area contributed by atoms with Gasteiger partial charge in [-0.2, -0.15) is 0 Å². The first-order chi connectivity index (χ1) is 9.61. The molecule has 4 nitrogen and oxygen atoms in total. The highest BCUT2D eigenvalue weighted by Gasteiger charge is 2.12. The molecule has 1 aromatic heterocycles. The number of nitrogens with zero attached hydrogens (tertiary/aromatic N) is 2. The molecular weight excluding hydrogens is 257 g/mol. The number of nitrogen functional groups attached to an aromatic ring is 1. The van der Waals surface area contributed by atoms with Gasteiger partial charge < -0.3 is 15.4 Å². The van der Waals surface area contributed by atoms with E-state index in [0.29, 0.717) is 23.7 Å². The molecule has 0 bridgehead atoms. The van der Waals surface area contributed by atoms with Crippen molar-refractivity contribution in [2.45, 2.75) is 6.42 Å². The molecule has 0 spiro atoms. The Hall–Kier alpha value is -2.30. The molecule has 2 rings (SSSR count). The van der Waals surface area contributed by atoms with E-state index in [1.807, 2.05) is 24.1 Å². The van der Waals surface area contributed by atoms with Crippen molar-refractivity contribution in [1.82, 2.24) is 4.98 Å². The van der Waals surface area contributed by atoms with Crippen LogP contribution in [0.1, 0.15) is 5.56 Å². The predicted molar refractivity (Wildman–Crippen MR) is 78.6 cm³/mol. The van der Waals surface area contributed by atoms with E-state index in [9.17, 15) is 4.39 Å². The van der Waals surface area contributed by atoms with Crippen molar-refractivity contribution >= 4 is 11.4 Å². The molecule has 1 heterocycles. The normalized spacial score (nSPS) is 10.3. The fraction of sp³-hybridized carbons (Fsp3) is 0.267. The average Bonchev–Trinajstić information content (AvgIpc) is 2.46. The quantitative estimate of drug-likeness (QED) is 0.852. The van der Waals surface area contributed by atoms with Gasteiger partial charge in [0.25, 0.3) is 0 Å². The van der Waals surface area contributed by atoms with Crippen LogP contribution in [0.5, 0.6) is 5.75 Å². The largest absolute Gasteiger partial charge is 0.495 e. The van der Waals surface area contributed by atoms with Crippen LogP contribution in [-0.4, -0.2) is 25.7 Å². The van der Waals surface area contributed by atoms with Gasteiger partial charge in [-0.15, -0.1) is 0 Å². The number of methoxy groups -OCH3 is 1. The number of aromatic nitrogens is 1. The Bertz CT molecular complexity index is 575. The monoisotopic (exact) mass is 275 g/mol. The maximum absolute atomic E-state index is 14.0. The second kappa shape index (κ2) is 6.23. The van der Waals surface area contributed by atoms with Crippen molar-refractivity contribution in [3.05, 3.63) is 48.0 Å². The highest BCUT2D eigenvalue weighted by atomic mass is 19.1. The van der Waals surface area contributed by atoms with Gasteiger partial charge in [0.05, 0.1) is 18.5 Å². The van der Waals surface area contributed by atoms with Crippen LogP contribution >= 0.6 is 0 Å². The average molecular weight is 275 g/mol. The van der Waals surface area contributed by atoms with Crippen molar-refractivity contribution in [1.29, 1.82) is 0 Å². The van der Waals surface area contributed by atoms with E-state index < -0.39 is 0 Å². The molecule has 0 fully saturated rings. The number of pyridine rings is 1. The summed E-state index contributed by atoms with van der Waals surface area (Å²) in [7, 11) is 3.36. The SMILES string of the molecule is COc1cc(N(C)CCc2ccncc2)c(F)cc1N. The second-order valence-electron chi connectivity index (χ2n) is 4.57. The van der Waals surface area contributed by atoms with E-state index in [1.54, 1.807) is 18.5 Å². The Balaban J connectivity index is 2.11. The Kier molecular flexibility index (Phi) is 4.40. The first-order valence-electron chi connectivity index (χ1n) is 6.35. The van der Waals surface area contributed by atoms with E-state index in [2.05, 4.69) is 4.98 Å². The lowest BCUT2D eigenvalue weighted by atomic mass is 10.2. The van der Waals surface area contributed by atoms with Gasteiger partial charge in [-0.3, -0.25) is 4.98 Å². The van der Waals surface area contributed by atoms with Gasteiger partial charge in [0.1, 0.15) is 11.6 Å². The zero-order chi connectivity index (χ0) is 14.5. The van der Waals surface area contributed by atoms with Crippen LogP contribution in [0, 0.1) is 5.82 Å². The number of rotatable bonds is 5. The molecule has 0 aliphatic rings. The van der Waals surface area contributed by atoms with Gasteiger partial charge in [-0.25, -0.2) is 4.39 Å². The molecule has 106 valence electrons. The van der Waals surface area contributed by atoms with Crippen LogP contribution in [0.2, 0.25) is 0 Å². The van der Waals surface area contributed by atoms with Gasteiger partial charge in [0, 0.05) is 38.1 Å². The third-order valence-electron chi connectivity index (χ3n) is 3.20. The molecular formula is C15H18FN3O. The topological polar surface area (TPSA) is 51.4 Å². The van der Waals surface area contributed by atoms with Crippen molar-refractivity contribution in [3.63, 3.8) is 0 Å². The zero-order valence-electron chi connectivity index (χ0n) is 11.6. The number of halogens is 1. The highest BCUT2D eigenvalue weighted by Crippen LogP contribution is 2.30. The maximum Gasteiger partial charge on any atom is 0.148 e. The summed E-state index contributed by atoms with van der Waals surface area (Å²) >= 11 is 0. The molecule has 0 saturated carbocycles. The van der Waals surface area contributed by atoms with Gasteiger partial charge >= 0.3 is 0 Å². The minimum Gasteiger partial charge on any atom is -0.495 e. The summed E-state index contributed by atoms with van der Waals surface area (Å²) in [6.07, 6.45) is 4.31. The lowest BCUT2D eigenvalue weighted by Gasteiger charge is -2.21. The molecule has 0 atom stereocenters. The van der Waals surface area contributed by atoms with Crippen molar-refractivity contribution < 1.29 is 9.13 Å². The van der Waals surface area contributed by atoms with Crippen molar-refractivity contribution in [3.8, 4) is 5.75 Å². The summed E-state index contributed by atoms with van der Waals surface area (Å²) in [5, 5.41) is 0. The van der Waals surface area contributed by atoms with E-state index in [4.69, 9.17) is 10.5 Å². The third-order valence-corrected chi connectivity index (χ3v) is 3.20. The van der Waals surface area contributed by atoms with E-state index in [0.717, 1.165) is 12.0 Å². The fourth-order valence-corrected chi connectivity index (χ4v) is 1.99. The number of benzene rings is 1. The number of anilines is 2. The molecule has 2 N–H and O–H groups in total. The summed E-state index contributed by atoms with van der Waals surface area (Å²) in [4.78, 5) is 5.82. The Morgan fingerprint density at radius 2 is 2.00 bits per heavy atom. The molecule has 5 heteroatoms. The van der Waals surface area contributed by atoms with E-state index in [-0.39, 0.29) is 5.82 Å². The van der Waals surface area contributed by atoms with Crippen molar-refractivity contribution in [2.75, 3.05) is 31.3 Å². The van der Waals surface area contributed by atoms with Gasteiger partial charge in [-0.1, -0.05) is 0 Å². The summed E-state index contributed by atoms with van der Waals surface area (Å²) < 4.78 is 19.1. The van der Waals surface area contributed by atoms with Gasteiger partial charge in [-0.05, 0) is 24.1 Å². The van der Waals surface area contributed by atoms with E-state index >= 15 is 0 Å². The summed E-state index contributed by atoms with van der Waals surface area (Å²) in [6, 6.07) is 6.82. The first kappa shape index (κ1) is 14.1. The van der Waals surface area contributed by atoms with Crippen LogP contribution in [0.15, 0.2) is 36.7 Å². The van der Waals surface area contributed by atoms with Crippen LogP contribution in [0.25, 0.3) is 0 Å². The van der Waals surface area contributed by atoms with Crippen LogP contribution < -0.4 is 15.4 Å². The number of ether oxygens (including phenoxy) is 1. The number of hydrogen-bond donors (Lipinski definition) is 1. The number of nitrogens with two attached hydrogens (primary N) is 1. The van der Waals surface area contributed by atoms with Crippen LogP contribution in [0.4, 0.5) is 15.8 Å². The predicted octanol–water partition coefficient (Wildman–Crippen LogP) is 2.49. The number of likely N-dealkylation sites (N-methyl/N-ethyl adjacent to an activating group) is 1. The smallest absolute Gasteiger partial charge is 0.148 e. The molecule has 0 amide bonds. The first-order valence-corrected chi connectivity index (χ1v) is 6.35. The maximum atomic E-state index is 14.0. The third kappa shape index (κ3) is 3.17. The molecule has 20 heavy (non-hydrogen) atoms. The standard InChI is InChI=1S/C15H18FN3O/c1-19(8-5-11-3-6-18-7-4-11)14-10-15(20-2)13(17)9-12(14)16/h3-4,6-7,9-10H,5,8,17H2,1-2H3. The minimum atomic E-state index is -0.347. The van der Waals surface area contributed by atoms with E-state index in [1.165, 1.54) is 13.2 Å². The lowest BCUT2D eigenvalue weighted by Crippen LogP contribution is -2.21. The zero-order valence-corrected chi connectivity index (χ0v) is 11.6. The van der Waals surface area contributed by atoms with Gasteiger partial charge in [0.15, 0.2) is 0 Å². The fourth-order valence-electron chi connectivity index (χ4n) is 1.99.